The maximum atomic E-state index is 11.2. The number of rotatable bonds is 2. The lowest BCUT2D eigenvalue weighted by molar-refractivity contribution is 0.101. The van der Waals surface area contributed by atoms with Gasteiger partial charge >= 0.3 is 0 Å². The van der Waals surface area contributed by atoms with Gasteiger partial charge in [-0.3, -0.25) is 9.78 Å². The first-order valence-electron chi connectivity index (χ1n) is 3.67. The molecule has 1 heterocycles. The van der Waals surface area contributed by atoms with E-state index in [2.05, 4.69) is 20.9 Å². The molecule has 3 heteroatoms. The molecule has 1 aromatic rings. The first-order valence-corrected chi connectivity index (χ1v) is 4.79. The maximum Gasteiger partial charge on any atom is 0.191 e. The van der Waals surface area contributed by atoms with Crippen molar-refractivity contribution in [3.63, 3.8) is 0 Å². The molecule has 64 valence electrons. The van der Waals surface area contributed by atoms with Crippen molar-refractivity contribution in [2.24, 2.45) is 0 Å². The third kappa shape index (κ3) is 1.91. The lowest BCUT2D eigenvalue weighted by Crippen LogP contribution is -2.03. The summed E-state index contributed by atoms with van der Waals surface area (Å²) in [6.07, 6.45) is 1.73. The lowest BCUT2D eigenvalue weighted by atomic mass is 10.1. The third-order valence-corrected chi connectivity index (χ3v) is 2.29. The predicted molar refractivity (Wildman–Crippen MR) is 51.8 cm³/mol. The molecule has 0 N–H and O–H groups in total. The largest absolute Gasteiger partial charge is 0.291 e. The highest BCUT2D eigenvalue weighted by Gasteiger charge is 2.05. The van der Waals surface area contributed by atoms with Gasteiger partial charge in [0.2, 0.25) is 0 Å². The van der Waals surface area contributed by atoms with Gasteiger partial charge in [-0.05, 0) is 31.0 Å². The monoisotopic (exact) mass is 227 g/mol. The van der Waals surface area contributed by atoms with Crippen molar-refractivity contribution in [1.29, 1.82) is 0 Å². The maximum absolute atomic E-state index is 11.2. The Morgan fingerprint density at radius 2 is 2.17 bits per heavy atom. The number of nitrogens with zero attached hydrogens (tertiary/aromatic N) is 1. The molecule has 0 saturated heterocycles. The van der Waals surface area contributed by atoms with Crippen LogP contribution in [0.4, 0.5) is 0 Å². The molecule has 0 unspecified atom stereocenters. The second-order valence-electron chi connectivity index (χ2n) is 2.71. The van der Waals surface area contributed by atoms with Crippen LogP contribution in [0.5, 0.6) is 0 Å². The number of aromatic nitrogens is 1. The normalized spacial score (nSPS) is 9.92. The lowest BCUT2D eigenvalue weighted by Gasteiger charge is -2.00. The number of ketones is 1. The summed E-state index contributed by atoms with van der Waals surface area (Å²) in [6.45, 7) is 3.95. The van der Waals surface area contributed by atoms with Gasteiger partial charge in [-0.2, -0.15) is 0 Å². The van der Waals surface area contributed by atoms with E-state index in [1.165, 1.54) is 0 Å². The van der Waals surface area contributed by atoms with Gasteiger partial charge < -0.3 is 0 Å². The van der Waals surface area contributed by atoms with E-state index in [1.807, 2.05) is 19.9 Å². The molecule has 12 heavy (non-hydrogen) atoms. The van der Waals surface area contributed by atoms with Crippen LogP contribution in [0.25, 0.3) is 0 Å². The molecule has 1 aromatic heterocycles. The molecule has 0 saturated carbocycles. The van der Waals surface area contributed by atoms with Crippen LogP contribution in [-0.4, -0.2) is 16.1 Å². The number of pyridine rings is 1. The number of alkyl halides is 1. The molecule has 0 atom stereocenters. The van der Waals surface area contributed by atoms with Crippen LogP contribution in [0.2, 0.25) is 0 Å². The van der Waals surface area contributed by atoms with Gasteiger partial charge in [-0.25, -0.2) is 0 Å². The third-order valence-electron chi connectivity index (χ3n) is 1.78. The van der Waals surface area contributed by atoms with Crippen molar-refractivity contribution in [3.05, 3.63) is 29.1 Å². The summed E-state index contributed by atoms with van der Waals surface area (Å²) in [7, 11) is 0. The Bertz CT molecular complexity index is 309. The van der Waals surface area contributed by atoms with Gasteiger partial charge in [0.15, 0.2) is 5.78 Å². The molecule has 0 aromatic carbocycles. The minimum absolute atomic E-state index is 0.0260. The van der Waals surface area contributed by atoms with Crippen molar-refractivity contribution in [1.82, 2.24) is 4.98 Å². The zero-order valence-corrected chi connectivity index (χ0v) is 8.68. The second kappa shape index (κ2) is 3.81. The zero-order valence-electron chi connectivity index (χ0n) is 7.10. The van der Waals surface area contributed by atoms with Gasteiger partial charge in [0.1, 0.15) is 5.69 Å². The number of hydrogen-bond acceptors (Lipinski definition) is 2. The molecule has 0 radical (unpaired) electrons. The Hall–Kier alpha value is -0.700. The van der Waals surface area contributed by atoms with Crippen LogP contribution >= 0.6 is 15.9 Å². The van der Waals surface area contributed by atoms with Gasteiger partial charge in [0.05, 0.1) is 5.33 Å². The van der Waals surface area contributed by atoms with E-state index in [4.69, 9.17) is 0 Å². The number of halogens is 1. The summed E-state index contributed by atoms with van der Waals surface area (Å²) in [5.74, 6) is 0.0260. The van der Waals surface area contributed by atoms with Crippen molar-refractivity contribution in [3.8, 4) is 0 Å². The summed E-state index contributed by atoms with van der Waals surface area (Å²) < 4.78 is 0. The van der Waals surface area contributed by atoms with E-state index < -0.39 is 0 Å². The Kier molecular flexibility index (Phi) is 2.98. The Balaban J connectivity index is 3.05. The molecule has 0 fully saturated rings. The summed E-state index contributed by atoms with van der Waals surface area (Å²) in [4.78, 5) is 15.2. The van der Waals surface area contributed by atoms with Crippen LogP contribution in [-0.2, 0) is 0 Å². The number of hydrogen-bond donors (Lipinski definition) is 0. The number of aryl methyl sites for hydroxylation is 2. The number of Topliss-reactive ketones (excluding diaryl/α,β-unsaturated/α-hetero) is 1. The van der Waals surface area contributed by atoms with E-state index in [0.29, 0.717) is 11.0 Å². The van der Waals surface area contributed by atoms with Crippen LogP contribution in [0.1, 0.15) is 21.6 Å². The highest BCUT2D eigenvalue weighted by molar-refractivity contribution is 9.09. The fourth-order valence-corrected chi connectivity index (χ4v) is 1.13. The topological polar surface area (TPSA) is 30.0 Å². The van der Waals surface area contributed by atoms with E-state index in [0.717, 1.165) is 11.1 Å². The minimum Gasteiger partial charge on any atom is -0.291 e. The standard InChI is InChI=1S/C9H10BrNO/c1-6-3-8(9(12)4-10)11-5-7(6)2/h3,5H,4H2,1-2H3. The Labute approximate surface area is 80.1 Å². The van der Waals surface area contributed by atoms with Crippen LogP contribution in [0, 0.1) is 13.8 Å². The number of carbonyl (C=O) groups is 1. The Morgan fingerprint density at radius 3 is 2.67 bits per heavy atom. The summed E-state index contributed by atoms with van der Waals surface area (Å²) in [5, 5.41) is 0.336. The van der Waals surface area contributed by atoms with E-state index in [1.54, 1.807) is 6.20 Å². The summed E-state index contributed by atoms with van der Waals surface area (Å²) in [5.41, 5.74) is 2.75. The Morgan fingerprint density at radius 1 is 1.50 bits per heavy atom. The molecular formula is C9H10BrNO. The summed E-state index contributed by atoms with van der Waals surface area (Å²) in [6, 6.07) is 1.82. The van der Waals surface area contributed by atoms with Crippen LogP contribution in [0.15, 0.2) is 12.3 Å². The van der Waals surface area contributed by atoms with Gasteiger partial charge in [-0.15, -0.1) is 0 Å². The zero-order chi connectivity index (χ0) is 9.14. The van der Waals surface area contributed by atoms with Crippen molar-refractivity contribution >= 4 is 21.7 Å². The van der Waals surface area contributed by atoms with Gasteiger partial charge in [0, 0.05) is 6.20 Å². The highest BCUT2D eigenvalue weighted by atomic mass is 79.9. The van der Waals surface area contributed by atoms with E-state index in [9.17, 15) is 4.79 Å². The molecule has 0 aliphatic rings. The van der Waals surface area contributed by atoms with Crippen molar-refractivity contribution in [2.75, 3.05) is 5.33 Å². The fourth-order valence-electron chi connectivity index (χ4n) is 0.845. The predicted octanol–water partition coefficient (Wildman–Crippen LogP) is 2.28. The number of carbonyl (C=O) groups excluding carboxylic acids is 1. The minimum atomic E-state index is 0.0260. The molecule has 1 rings (SSSR count). The van der Waals surface area contributed by atoms with Crippen LogP contribution in [0.3, 0.4) is 0 Å². The van der Waals surface area contributed by atoms with Crippen molar-refractivity contribution < 1.29 is 4.79 Å². The van der Waals surface area contributed by atoms with E-state index >= 15 is 0 Å². The first kappa shape index (κ1) is 9.39. The summed E-state index contributed by atoms with van der Waals surface area (Å²) >= 11 is 3.11. The second-order valence-corrected chi connectivity index (χ2v) is 3.27. The highest BCUT2D eigenvalue weighted by Crippen LogP contribution is 2.07. The molecular weight excluding hydrogens is 218 g/mol. The first-order chi connectivity index (χ1) is 5.65. The molecule has 0 aliphatic carbocycles. The van der Waals surface area contributed by atoms with Gasteiger partial charge in [-0.1, -0.05) is 15.9 Å². The average molecular weight is 228 g/mol. The fraction of sp³-hybridized carbons (Fsp3) is 0.333. The van der Waals surface area contributed by atoms with E-state index in [-0.39, 0.29) is 5.78 Å². The molecule has 0 spiro atoms. The average Bonchev–Trinajstić information content (AvgIpc) is 2.08. The molecule has 2 nitrogen and oxygen atoms in total. The molecule has 0 bridgehead atoms. The van der Waals surface area contributed by atoms with Gasteiger partial charge in [0.25, 0.3) is 0 Å². The van der Waals surface area contributed by atoms with Crippen LogP contribution < -0.4 is 0 Å². The SMILES string of the molecule is Cc1cnc(C(=O)CBr)cc1C. The smallest absolute Gasteiger partial charge is 0.191 e. The quantitative estimate of drug-likeness (QED) is 0.574. The van der Waals surface area contributed by atoms with Crippen molar-refractivity contribution in [2.45, 2.75) is 13.8 Å². The molecule has 0 amide bonds. The molecule has 0 aliphatic heterocycles.